The van der Waals surface area contributed by atoms with Crippen LogP contribution in [0.1, 0.15) is 32.6 Å². The molecule has 0 aromatic rings. The summed E-state index contributed by atoms with van der Waals surface area (Å²) in [6.45, 7) is 2.34. The fourth-order valence-corrected chi connectivity index (χ4v) is 1.57. The van der Waals surface area contributed by atoms with Crippen LogP contribution in [0.25, 0.3) is 0 Å². The third kappa shape index (κ3) is 3.05. The van der Waals surface area contributed by atoms with Gasteiger partial charge in [-0.1, -0.05) is 12.8 Å². The Bertz CT molecular complexity index is 151. The number of carbonyl (C=O) groups is 1. The standard InChI is InChI=1S/C9H16O2S/c1-7(12)9(10)11-6-8-4-2-3-5-8/h7-8,12H,2-6H2,1H3. The molecule has 0 aliphatic heterocycles. The molecular formula is C9H16O2S. The molecule has 1 fully saturated rings. The molecule has 0 N–H and O–H groups in total. The summed E-state index contributed by atoms with van der Waals surface area (Å²) in [6, 6.07) is 0. The molecule has 2 nitrogen and oxygen atoms in total. The van der Waals surface area contributed by atoms with Crippen molar-refractivity contribution in [2.45, 2.75) is 37.9 Å². The van der Waals surface area contributed by atoms with E-state index in [4.69, 9.17) is 4.74 Å². The highest BCUT2D eigenvalue weighted by Crippen LogP contribution is 2.24. The summed E-state index contributed by atoms with van der Waals surface area (Å²) in [7, 11) is 0. The lowest BCUT2D eigenvalue weighted by molar-refractivity contribution is -0.143. The first-order valence-electron chi connectivity index (χ1n) is 4.55. The van der Waals surface area contributed by atoms with Crippen LogP contribution in [0.4, 0.5) is 0 Å². The maximum absolute atomic E-state index is 11.0. The zero-order valence-corrected chi connectivity index (χ0v) is 8.35. The molecule has 12 heavy (non-hydrogen) atoms. The van der Waals surface area contributed by atoms with Gasteiger partial charge in [0.1, 0.15) is 0 Å². The Balaban J connectivity index is 2.12. The second-order valence-corrected chi connectivity index (χ2v) is 4.23. The van der Waals surface area contributed by atoms with E-state index in [2.05, 4.69) is 12.6 Å². The van der Waals surface area contributed by atoms with Gasteiger partial charge in [0.05, 0.1) is 11.9 Å². The second kappa shape index (κ2) is 4.75. The largest absolute Gasteiger partial charge is 0.465 e. The fourth-order valence-electron chi connectivity index (χ4n) is 1.50. The molecule has 1 rings (SSSR count). The van der Waals surface area contributed by atoms with Gasteiger partial charge in [-0.25, -0.2) is 0 Å². The van der Waals surface area contributed by atoms with Crippen molar-refractivity contribution in [1.82, 2.24) is 0 Å². The Morgan fingerprint density at radius 2 is 2.17 bits per heavy atom. The van der Waals surface area contributed by atoms with E-state index >= 15 is 0 Å². The summed E-state index contributed by atoms with van der Waals surface area (Å²) in [5, 5.41) is -0.286. The van der Waals surface area contributed by atoms with Crippen LogP contribution >= 0.6 is 12.6 Å². The lowest BCUT2D eigenvalue weighted by atomic mass is 10.1. The number of hydrogen-bond donors (Lipinski definition) is 1. The van der Waals surface area contributed by atoms with E-state index in [0.29, 0.717) is 12.5 Å². The van der Waals surface area contributed by atoms with Gasteiger partial charge in [0.25, 0.3) is 0 Å². The van der Waals surface area contributed by atoms with Crippen LogP contribution in [0.5, 0.6) is 0 Å². The number of esters is 1. The Kier molecular flexibility index (Phi) is 3.92. The molecule has 1 aliphatic rings. The van der Waals surface area contributed by atoms with Crippen molar-refractivity contribution in [2.24, 2.45) is 5.92 Å². The molecule has 1 aliphatic carbocycles. The van der Waals surface area contributed by atoms with Gasteiger partial charge in [-0.05, 0) is 25.7 Å². The molecule has 0 saturated heterocycles. The van der Waals surface area contributed by atoms with E-state index in [1.54, 1.807) is 6.92 Å². The molecular weight excluding hydrogens is 172 g/mol. The number of ether oxygens (including phenoxy) is 1. The fraction of sp³-hybridized carbons (Fsp3) is 0.889. The number of rotatable bonds is 3. The first-order chi connectivity index (χ1) is 5.70. The van der Waals surface area contributed by atoms with Crippen molar-refractivity contribution in [3.05, 3.63) is 0 Å². The Morgan fingerprint density at radius 3 is 2.67 bits per heavy atom. The zero-order valence-electron chi connectivity index (χ0n) is 7.45. The molecule has 0 heterocycles. The average molecular weight is 188 g/mol. The summed E-state index contributed by atoms with van der Waals surface area (Å²) >= 11 is 4.00. The number of thiol groups is 1. The lowest BCUT2D eigenvalue weighted by Crippen LogP contribution is -2.18. The monoisotopic (exact) mass is 188 g/mol. The van der Waals surface area contributed by atoms with Gasteiger partial charge in [-0.3, -0.25) is 4.79 Å². The molecule has 0 bridgehead atoms. The van der Waals surface area contributed by atoms with Crippen LogP contribution in [0, 0.1) is 5.92 Å². The van der Waals surface area contributed by atoms with E-state index in [-0.39, 0.29) is 11.2 Å². The van der Waals surface area contributed by atoms with Gasteiger partial charge in [-0.15, -0.1) is 0 Å². The molecule has 1 atom stereocenters. The van der Waals surface area contributed by atoms with Crippen LogP contribution < -0.4 is 0 Å². The number of carbonyl (C=O) groups excluding carboxylic acids is 1. The molecule has 0 radical (unpaired) electrons. The summed E-state index contributed by atoms with van der Waals surface area (Å²) in [6.07, 6.45) is 5.01. The second-order valence-electron chi connectivity index (χ2n) is 3.46. The lowest BCUT2D eigenvalue weighted by Gasteiger charge is -2.10. The van der Waals surface area contributed by atoms with Crippen LogP contribution in [-0.2, 0) is 9.53 Å². The van der Waals surface area contributed by atoms with Gasteiger partial charge < -0.3 is 4.74 Å². The van der Waals surface area contributed by atoms with Crippen LogP contribution in [0.2, 0.25) is 0 Å². The van der Waals surface area contributed by atoms with Gasteiger partial charge in [0.2, 0.25) is 0 Å². The maximum Gasteiger partial charge on any atom is 0.318 e. The predicted molar refractivity (Wildman–Crippen MR) is 51.4 cm³/mol. The highest BCUT2D eigenvalue weighted by molar-refractivity contribution is 7.81. The molecule has 70 valence electrons. The van der Waals surface area contributed by atoms with E-state index in [1.807, 2.05) is 0 Å². The molecule has 0 amide bonds. The van der Waals surface area contributed by atoms with Crippen LogP contribution in [0.3, 0.4) is 0 Å². The molecule has 0 spiro atoms. The smallest absolute Gasteiger partial charge is 0.318 e. The minimum Gasteiger partial charge on any atom is -0.465 e. The average Bonchev–Trinajstić information content (AvgIpc) is 2.51. The maximum atomic E-state index is 11.0. The summed E-state index contributed by atoms with van der Waals surface area (Å²) in [5.41, 5.74) is 0. The van der Waals surface area contributed by atoms with Crippen molar-refractivity contribution >= 4 is 18.6 Å². The zero-order chi connectivity index (χ0) is 8.97. The molecule has 0 aromatic heterocycles. The quantitative estimate of drug-likeness (QED) is 0.542. The van der Waals surface area contributed by atoms with Crippen molar-refractivity contribution in [3.63, 3.8) is 0 Å². The SMILES string of the molecule is CC(S)C(=O)OCC1CCCC1. The molecule has 1 saturated carbocycles. The topological polar surface area (TPSA) is 26.3 Å². The van der Waals surface area contributed by atoms with Gasteiger partial charge in [-0.2, -0.15) is 12.6 Å². The van der Waals surface area contributed by atoms with Crippen LogP contribution in [-0.4, -0.2) is 17.8 Å². The summed E-state index contributed by atoms with van der Waals surface area (Å²) in [4.78, 5) is 11.0. The Labute approximate surface area is 79.1 Å². The summed E-state index contributed by atoms with van der Waals surface area (Å²) in [5.74, 6) is 0.422. The van der Waals surface area contributed by atoms with Crippen molar-refractivity contribution in [1.29, 1.82) is 0 Å². The van der Waals surface area contributed by atoms with Crippen molar-refractivity contribution in [2.75, 3.05) is 6.61 Å². The molecule has 1 unspecified atom stereocenters. The minimum atomic E-state index is -0.286. The summed E-state index contributed by atoms with van der Waals surface area (Å²) < 4.78 is 5.07. The molecule has 0 aromatic carbocycles. The van der Waals surface area contributed by atoms with E-state index in [0.717, 1.165) is 0 Å². The van der Waals surface area contributed by atoms with E-state index < -0.39 is 0 Å². The third-order valence-corrected chi connectivity index (χ3v) is 2.49. The van der Waals surface area contributed by atoms with Crippen molar-refractivity contribution < 1.29 is 9.53 Å². The first-order valence-corrected chi connectivity index (χ1v) is 5.06. The normalized spacial score (nSPS) is 20.8. The van der Waals surface area contributed by atoms with Crippen molar-refractivity contribution in [3.8, 4) is 0 Å². The van der Waals surface area contributed by atoms with Gasteiger partial charge >= 0.3 is 5.97 Å². The highest BCUT2D eigenvalue weighted by atomic mass is 32.1. The Hall–Kier alpha value is -0.180. The number of hydrogen-bond acceptors (Lipinski definition) is 3. The van der Waals surface area contributed by atoms with E-state index in [1.165, 1.54) is 25.7 Å². The predicted octanol–water partition coefficient (Wildman–Crippen LogP) is 2.04. The highest BCUT2D eigenvalue weighted by Gasteiger charge is 2.17. The van der Waals surface area contributed by atoms with E-state index in [9.17, 15) is 4.79 Å². The van der Waals surface area contributed by atoms with Gasteiger partial charge in [0.15, 0.2) is 0 Å². The first kappa shape index (κ1) is 9.90. The molecule has 3 heteroatoms. The van der Waals surface area contributed by atoms with Crippen LogP contribution in [0.15, 0.2) is 0 Å². The third-order valence-electron chi connectivity index (χ3n) is 2.28. The van der Waals surface area contributed by atoms with Gasteiger partial charge in [0, 0.05) is 0 Å². The Morgan fingerprint density at radius 1 is 1.58 bits per heavy atom. The minimum absolute atomic E-state index is 0.190.